The third-order valence-corrected chi connectivity index (χ3v) is 5.52. The summed E-state index contributed by atoms with van der Waals surface area (Å²) in [5.41, 5.74) is 8.09. The number of benzene rings is 3. The minimum atomic E-state index is -1.30. The molecule has 0 aliphatic rings. The fraction of sp³-hybridized carbons (Fsp3) is 0.111. The van der Waals surface area contributed by atoms with Gasteiger partial charge in [0.1, 0.15) is 5.69 Å². The zero-order valence-corrected chi connectivity index (χ0v) is 20.7. The molecule has 1 atom stereocenters. The van der Waals surface area contributed by atoms with Crippen molar-refractivity contribution < 1.29 is 23.9 Å². The Labute approximate surface area is 221 Å². The first-order chi connectivity index (χ1) is 18.9. The maximum absolute atomic E-state index is 13.3. The predicted octanol–water partition coefficient (Wildman–Crippen LogP) is 1.42. The van der Waals surface area contributed by atoms with Crippen LogP contribution >= 0.6 is 0 Å². The number of aromatic nitrogens is 2. The van der Waals surface area contributed by atoms with Gasteiger partial charge in [-0.25, -0.2) is 10.5 Å². The second kappa shape index (κ2) is 12.1. The smallest absolute Gasteiger partial charge is 0.272 e. The zero-order valence-electron chi connectivity index (χ0n) is 20.7. The van der Waals surface area contributed by atoms with Gasteiger partial charge in [-0.05, 0) is 42.0 Å². The molecule has 0 bridgehead atoms. The Morgan fingerprint density at radius 1 is 1.03 bits per heavy atom. The number of hydrogen-bond donors (Lipinski definition) is 4. The summed E-state index contributed by atoms with van der Waals surface area (Å²) in [4.78, 5) is 49.5. The average Bonchev–Trinajstić information content (AvgIpc) is 2.96. The number of primary amides is 1. The van der Waals surface area contributed by atoms with E-state index in [1.54, 1.807) is 72.8 Å². The summed E-state index contributed by atoms with van der Waals surface area (Å²) in [6.45, 7) is -0.316. The normalized spacial score (nSPS) is 11.6. The van der Waals surface area contributed by atoms with Crippen molar-refractivity contribution in [2.75, 3.05) is 13.7 Å². The topological polar surface area (TPSA) is 178 Å². The van der Waals surface area contributed by atoms with Crippen LogP contribution in [0.15, 0.2) is 82.7 Å². The molecular weight excluding hydrogens is 504 g/mol. The van der Waals surface area contributed by atoms with E-state index in [1.165, 1.54) is 13.3 Å². The first-order valence-electron chi connectivity index (χ1n) is 11.6. The van der Waals surface area contributed by atoms with Crippen LogP contribution < -0.4 is 31.5 Å². The summed E-state index contributed by atoms with van der Waals surface area (Å²) in [5, 5.41) is 13.8. The van der Waals surface area contributed by atoms with Crippen LogP contribution in [-0.4, -0.2) is 47.9 Å². The number of fused-ring (bicyclic) bond motifs is 1. The van der Waals surface area contributed by atoms with Gasteiger partial charge in [-0.1, -0.05) is 36.4 Å². The number of hydrazone groups is 1. The number of hydrogen-bond acceptors (Lipinski definition) is 8. The molecule has 0 fully saturated rings. The Morgan fingerprint density at radius 2 is 1.74 bits per heavy atom. The number of aromatic amines is 1. The molecule has 39 heavy (non-hydrogen) atoms. The number of ether oxygens (including phenoxy) is 2. The van der Waals surface area contributed by atoms with E-state index < -0.39 is 29.3 Å². The van der Waals surface area contributed by atoms with Gasteiger partial charge in [0.15, 0.2) is 24.1 Å². The van der Waals surface area contributed by atoms with Gasteiger partial charge in [-0.2, -0.15) is 10.2 Å². The number of nitrogens with one attached hydrogen (secondary N) is 3. The molecule has 0 aliphatic carbocycles. The zero-order chi connectivity index (χ0) is 27.8. The Balaban J connectivity index is 1.60. The summed E-state index contributed by atoms with van der Waals surface area (Å²) in [6.07, 6.45) is 1.35. The molecule has 12 nitrogen and oxygen atoms in total. The van der Waals surface area contributed by atoms with Gasteiger partial charge < -0.3 is 20.5 Å². The van der Waals surface area contributed by atoms with Crippen molar-refractivity contribution in [3.05, 3.63) is 100.0 Å². The van der Waals surface area contributed by atoms with Crippen molar-refractivity contribution in [2.45, 2.75) is 6.04 Å². The number of H-pyrrole nitrogens is 1. The number of rotatable bonds is 10. The third kappa shape index (κ3) is 6.43. The van der Waals surface area contributed by atoms with E-state index in [1.807, 2.05) is 0 Å². The van der Waals surface area contributed by atoms with Gasteiger partial charge in [0.2, 0.25) is 0 Å². The lowest BCUT2D eigenvalue weighted by molar-refractivity contribution is -0.123. The van der Waals surface area contributed by atoms with Crippen LogP contribution in [0, 0.1) is 0 Å². The molecule has 4 rings (SSSR count). The molecule has 0 saturated heterocycles. The van der Waals surface area contributed by atoms with Gasteiger partial charge in [0.05, 0.1) is 18.7 Å². The lowest BCUT2D eigenvalue weighted by Crippen LogP contribution is -2.40. The SMILES string of the molecule is COc1cc(/C=N/NC(=O)[C@@H](NC(=O)c2ccccc2)c2n[nH]c(=O)c3ccccc23)ccc1OCC(N)=O. The fourth-order valence-corrected chi connectivity index (χ4v) is 3.69. The largest absolute Gasteiger partial charge is 0.493 e. The van der Waals surface area contributed by atoms with E-state index in [0.717, 1.165) is 0 Å². The van der Waals surface area contributed by atoms with E-state index in [9.17, 15) is 19.2 Å². The second-order valence-electron chi connectivity index (χ2n) is 8.16. The van der Waals surface area contributed by atoms with Crippen LogP contribution in [0.2, 0.25) is 0 Å². The van der Waals surface area contributed by atoms with Gasteiger partial charge >= 0.3 is 0 Å². The van der Waals surface area contributed by atoms with Crippen molar-refractivity contribution in [1.29, 1.82) is 0 Å². The first-order valence-corrected chi connectivity index (χ1v) is 11.6. The van der Waals surface area contributed by atoms with Gasteiger partial charge in [0, 0.05) is 10.9 Å². The number of nitrogens with two attached hydrogens (primary N) is 1. The molecule has 0 radical (unpaired) electrons. The number of nitrogens with zero attached hydrogens (tertiary/aromatic N) is 2. The van der Waals surface area contributed by atoms with E-state index >= 15 is 0 Å². The molecule has 1 heterocycles. The Morgan fingerprint density at radius 3 is 2.46 bits per heavy atom. The number of carbonyl (C=O) groups is 3. The molecule has 0 spiro atoms. The number of methoxy groups -OCH3 is 1. The molecule has 3 aromatic carbocycles. The predicted molar refractivity (Wildman–Crippen MR) is 142 cm³/mol. The van der Waals surface area contributed by atoms with Crippen LogP contribution in [0.1, 0.15) is 27.7 Å². The maximum atomic E-state index is 13.3. The van der Waals surface area contributed by atoms with Crippen LogP contribution in [-0.2, 0) is 9.59 Å². The summed E-state index contributed by atoms with van der Waals surface area (Å²) < 4.78 is 10.6. The summed E-state index contributed by atoms with van der Waals surface area (Å²) in [5.74, 6) is -1.23. The summed E-state index contributed by atoms with van der Waals surface area (Å²) in [6, 6.07) is 18.4. The highest BCUT2D eigenvalue weighted by Crippen LogP contribution is 2.27. The van der Waals surface area contributed by atoms with E-state index in [0.29, 0.717) is 33.4 Å². The Kier molecular flexibility index (Phi) is 8.27. The van der Waals surface area contributed by atoms with Crippen molar-refractivity contribution in [2.24, 2.45) is 10.8 Å². The van der Waals surface area contributed by atoms with Crippen molar-refractivity contribution in [1.82, 2.24) is 20.9 Å². The molecule has 198 valence electrons. The Bertz CT molecular complexity index is 1600. The van der Waals surface area contributed by atoms with E-state index in [4.69, 9.17) is 15.2 Å². The minimum Gasteiger partial charge on any atom is -0.493 e. The summed E-state index contributed by atoms with van der Waals surface area (Å²) >= 11 is 0. The summed E-state index contributed by atoms with van der Waals surface area (Å²) in [7, 11) is 1.43. The standard InChI is InChI=1S/C27H24N6O6/c1-38-21-13-16(11-12-20(21)39-15-22(28)34)14-29-32-27(37)24(30-25(35)17-7-3-2-4-8-17)23-18-9-5-6-10-19(18)26(36)33-31-23/h2-14,24H,15H2,1H3,(H2,28,34)(H,30,35)(H,32,37)(H,33,36)/b29-14+/t24-/m0/s1. The van der Waals surface area contributed by atoms with Crippen LogP contribution in [0.25, 0.3) is 10.8 Å². The van der Waals surface area contributed by atoms with Crippen molar-refractivity contribution in [3.63, 3.8) is 0 Å². The lowest BCUT2D eigenvalue weighted by atomic mass is 10.0. The molecule has 0 unspecified atom stereocenters. The fourth-order valence-electron chi connectivity index (χ4n) is 3.69. The maximum Gasteiger partial charge on any atom is 0.272 e. The minimum absolute atomic E-state index is 0.139. The number of amides is 3. The monoisotopic (exact) mass is 528 g/mol. The molecule has 0 saturated carbocycles. The average molecular weight is 529 g/mol. The van der Waals surface area contributed by atoms with Crippen molar-refractivity contribution in [3.8, 4) is 11.5 Å². The molecule has 3 amide bonds. The quantitative estimate of drug-likeness (QED) is 0.178. The van der Waals surface area contributed by atoms with Crippen LogP contribution in [0.4, 0.5) is 0 Å². The highest BCUT2D eigenvalue weighted by Gasteiger charge is 2.27. The molecule has 5 N–H and O–H groups in total. The van der Waals surface area contributed by atoms with Crippen LogP contribution in [0.5, 0.6) is 11.5 Å². The molecule has 4 aromatic rings. The third-order valence-electron chi connectivity index (χ3n) is 5.52. The van der Waals surface area contributed by atoms with Gasteiger partial charge in [0.25, 0.3) is 23.3 Å². The molecule has 1 aromatic heterocycles. The molecule has 12 heteroatoms. The van der Waals surface area contributed by atoms with Gasteiger partial charge in [-0.15, -0.1) is 0 Å². The highest BCUT2D eigenvalue weighted by atomic mass is 16.5. The first kappa shape index (κ1) is 26.5. The van der Waals surface area contributed by atoms with E-state index in [-0.39, 0.29) is 12.3 Å². The van der Waals surface area contributed by atoms with Crippen LogP contribution in [0.3, 0.4) is 0 Å². The number of carbonyl (C=O) groups excluding carboxylic acids is 3. The molecular formula is C27H24N6O6. The Hall–Kier alpha value is -5.52. The molecule has 0 aliphatic heterocycles. The van der Waals surface area contributed by atoms with E-state index in [2.05, 4.69) is 26.0 Å². The lowest BCUT2D eigenvalue weighted by Gasteiger charge is -2.18. The second-order valence-corrected chi connectivity index (χ2v) is 8.16. The highest BCUT2D eigenvalue weighted by molar-refractivity contribution is 5.99. The van der Waals surface area contributed by atoms with Crippen molar-refractivity contribution >= 4 is 34.7 Å². The van der Waals surface area contributed by atoms with Gasteiger partial charge in [-0.3, -0.25) is 19.2 Å².